The maximum Gasteiger partial charge on any atom is 0.244 e. The van der Waals surface area contributed by atoms with Crippen LogP contribution in [0.4, 0.5) is 0 Å². The van der Waals surface area contributed by atoms with Gasteiger partial charge >= 0.3 is 0 Å². The zero-order valence-electron chi connectivity index (χ0n) is 22.2. The maximum atomic E-state index is 14.1. The first-order valence-corrected chi connectivity index (χ1v) is 13.8. The van der Waals surface area contributed by atoms with Crippen LogP contribution >= 0.6 is 11.8 Å². The second-order valence-electron chi connectivity index (χ2n) is 12.4. The number of rotatable bonds is 9. The lowest BCUT2D eigenvalue weighted by Gasteiger charge is -2.42. The van der Waals surface area contributed by atoms with Crippen molar-refractivity contribution in [3.05, 3.63) is 0 Å². The van der Waals surface area contributed by atoms with E-state index in [4.69, 9.17) is 0 Å². The fraction of sp³-hybridized carbons (Fsp3) is 0.885. The molecular formula is C26H45N3O4S. The molecule has 0 radical (unpaired) electrons. The van der Waals surface area contributed by atoms with Crippen molar-refractivity contribution in [2.24, 2.45) is 23.2 Å². The van der Waals surface area contributed by atoms with E-state index in [1.807, 2.05) is 27.7 Å². The van der Waals surface area contributed by atoms with Gasteiger partial charge in [0.05, 0.1) is 29.2 Å². The second kappa shape index (κ2) is 9.64. The number of carbonyl (C=O) groups is 3. The average molecular weight is 496 g/mol. The maximum absolute atomic E-state index is 14.1. The minimum atomic E-state index is -0.699. The zero-order chi connectivity index (χ0) is 25.6. The highest BCUT2D eigenvalue weighted by atomic mass is 32.2. The minimum absolute atomic E-state index is 0.0240. The van der Waals surface area contributed by atoms with Crippen molar-refractivity contribution >= 4 is 29.5 Å². The second-order valence-corrected chi connectivity index (χ2v) is 14.0. The summed E-state index contributed by atoms with van der Waals surface area (Å²) < 4.78 is -0.652. The highest BCUT2D eigenvalue weighted by Crippen LogP contribution is 2.68. The topological polar surface area (TPSA) is 98.7 Å². The standard InChI is InChI=1S/C26H45N3O4S/c1-9-11-27-21(31)18-17-12-15(3)26(34-17)19(18)23(33)29(16(10-2)13-30)20(26)22(32)28-25(7,8)14-24(4,5)6/h15-20,30H,9-14H2,1-8H3,(H,27,31)(H,28,32)/t15?,16-,17-,18+,19-,20?,26?/m0/s1. The third-order valence-corrected chi connectivity index (χ3v) is 9.87. The average Bonchev–Trinajstić information content (AvgIpc) is 3.29. The number of carbonyl (C=O) groups excluding carboxylic acids is 3. The molecule has 0 aromatic rings. The number of nitrogens with one attached hydrogen (secondary N) is 2. The van der Waals surface area contributed by atoms with Crippen molar-refractivity contribution in [2.45, 2.75) is 109 Å². The van der Waals surface area contributed by atoms with E-state index < -0.39 is 34.2 Å². The smallest absolute Gasteiger partial charge is 0.244 e. The molecule has 3 N–H and O–H groups in total. The van der Waals surface area contributed by atoms with Crippen molar-refractivity contribution in [3.8, 4) is 0 Å². The molecule has 0 aliphatic carbocycles. The largest absolute Gasteiger partial charge is 0.394 e. The van der Waals surface area contributed by atoms with Crippen molar-refractivity contribution < 1.29 is 19.5 Å². The van der Waals surface area contributed by atoms with Gasteiger partial charge in [0.15, 0.2) is 0 Å². The molecule has 34 heavy (non-hydrogen) atoms. The van der Waals surface area contributed by atoms with E-state index in [0.29, 0.717) is 13.0 Å². The Morgan fingerprint density at radius 1 is 1.21 bits per heavy atom. The minimum Gasteiger partial charge on any atom is -0.394 e. The molecule has 3 aliphatic rings. The molecule has 7 atom stereocenters. The number of amides is 3. The predicted molar refractivity (Wildman–Crippen MR) is 136 cm³/mol. The number of aliphatic hydroxyl groups excluding tert-OH is 1. The van der Waals surface area contributed by atoms with Gasteiger partial charge in [-0.2, -0.15) is 0 Å². The third kappa shape index (κ3) is 4.61. The van der Waals surface area contributed by atoms with Gasteiger partial charge < -0.3 is 20.6 Å². The van der Waals surface area contributed by atoms with Gasteiger partial charge in [-0.1, -0.05) is 41.5 Å². The summed E-state index contributed by atoms with van der Waals surface area (Å²) in [6, 6.07) is -1.14. The molecule has 3 rings (SSSR count). The van der Waals surface area contributed by atoms with Crippen LogP contribution in [-0.2, 0) is 14.4 Å². The van der Waals surface area contributed by atoms with Crippen LogP contribution < -0.4 is 10.6 Å². The predicted octanol–water partition coefficient (Wildman–Crippen LogP) is 2.95. The van der Waals surface area contributed by atoms with Crippen LogP contribution in [0.1, 0.15) is 81.1 Å². The van der Waals surface area contributed by atoms with Gasteiger partial charge in [-0.05, 0) is 50.9 Å². The quantitative estimate of drug-likeness (QED) is 0.457. The zero-order valence-corrected chi connectivity index (χ0v) is 23.1. The number of aliphatic hydroxyl groups is 1. The molecule has 0 aromatic carbocycles. The van der Waals surface area contributed by atoms with Gasteiger partial charge in [0.2, 0.25) is 17.7 Å². The van der Waals surface area contributed by atoms with E-state index in [1.54, 1.807) is 16.7 Å². The van der Waals surface area contributed by atoms with Crippen molar-refractivity contribution in [1.82, 2.24) is 15.5 Å². The number of nitrogens with zero attached hydrogens (tertiary/aromatic N) is 1. The van der Waals surface area contributed by atoms with E-state index in [1.165, 1.54) is 0 Å². The summed E-state index contributed by atoms with van der Waals surface area (Å²) in [4.78, 5) is 42.9. The van der Waals surface area contributed by atoms with E-state index in [9.17, 15) is 19.5 Å². The van der Waals surface area contributed by atoms with Crippen LogP contribution in [0.15, 0.2) is 0 Å². The summed E-state index contributed by atoms with van der Waals surface area (Å²) >= 11 is 1.68. The third-order valence-electron chi connectivity index (χ3n) is 7.79. The van der Waals surface area contributed by atoms with Crippen molar-refractivity contribution in [2.75, 3.05) is 13.2 Å². The monoisotopic (exact) mass is 495 g/mol. The van der Waals surface area contributed by atoms with Crippen molar-refractivity contribution in [3.63, 3.8) is 0 Å². The fourth-order valence-corrected chi connectivity index (χ4v) is 9.41. The van der Waals surface area contributed by atoms with Crippen molar-refractivity contribution in [1.29, 1.82) is 0 Å². The van der Waals surface area contributed by atoms with Gasteiger partial charge in [-0.15, -0.1) is 11.8 Å². The Kier molecular flexibility index (Phi) is 7.74. The Hall–Kier alpha value is -1.28. The first kappa shape index (κ1) is 27.3. The normalized spacial score (nSPS) is 33.7. The molecule has 8 heteroatoms. The van der Waals surface area contributed by atoms with Crippen LogP contribution in [0.2, 0.25) is 0 Å². The summed E-state index contributed by atoms with van der Waals surface area (Å²) in [6.07, 6.45) is 2.99. The first-order chi connectivity index (χ1) is 15.7. The molecule has 3 saturated heterocycles. The summed E-state index contributed by atoms with van der Waals surface area (Å²) in [5, 5.41) is 16.5. The molecule has 3 unspecified atom stereocenters. The van der Waals surface area contributed by atoms with E-state index >= 15 is 0 Å². The first-order valence-electron chi connectivity index (χ1n) is 12.9. The van der Waals surface area contributed by atoms with Gasteiger partial charge in [-0.3, -0.25) is 14.4 Å². The van der Waals surface area contributed by atoms with E-state index in [0.717, 1.165) is 19.3 Å². The molecule has 7 nitrogen and oxygen atoms in total. The van der Waals surface area contributed by atoms with Crippen LogP contribution in [-0.4, -0.2) is 68.5 Å². The molecule has 0 aromatic heterocycles. The molecule has 3 aliphatic heterocycles. The fourth-order valence-electron chi connectivity index (χ4n) is 7.00. The Balaban J connectivity index is 2.03. The lowest BCUT2D eigenvalue weighted by molar-refractivity contribution is -0.143. The van der Waals surface area contributed by atoms with Gasteiger partial charge in [0.1, 0.15) is 6.04 Å². The lowest BCUT2D eigenvalue weighted by atomic mass is 9.65. The number of hydrogen-bond acceptors (Lipinski definition) is 5. The molecule has 3 fully saturated rings. The van der Waals surface area contributed by atoms with Gasteiger partial charge in [0.25, 0.3) is 0 Å². The van der Waals surface area contributed by atoms with Crippen LogP contribution in [0, 0.1) is 23.2 Å². The summed E-state index contributed by atoms with van der Waals surface area (Å²) in [6.45, 7) is 16.9. The Morgan fingerprint density at radius 2 is 1.85 bits per heavy atom. The Bertz CT molecular complexity index is 806. The van der Waals surface area contributed by atoms with Gasteiger partial charge in [0, 0.05) is 17.3 Å². The molecular weight excluding hydrogens is 450 g/mol. The summed E-state index contributed by atoms with van der Waals surface area (Å²) in [7, 11) is 0. The van der Waals surface area contributed by atoms with E-state index in [2.05, 4.69) is 38.3 Å². The highest BCUT2D eigenvalue weighted by molar-refractivity contribution is 8.02. The van der Waals surface area contributed by atoms with Crippen LogP contribution in [0.25, 0.3) is 0 Å². The number of thioether (sulfide) groups is 1. The highest BCUT2D eigenvalue weighted by Gasteiger charge is 2.76. The van der Waals surface area contributed by atoms with Gasteiger partial charge in [-0.25, -0.2) is 0 Å². The molecule has 1 spiro atoms. The molecule has 194 valence electrons. The van der Waals surface area contributed by atoms with Crippen LogP contribution in [0.5, 0.6) is 0 Å². The molecule has 0 saturated carbocycles. The lowest BCUT2D eigenvalue weighted by Crippen LogP contribution is -2.61. The number of hydrogen-bond donors (Lipinski definition) is 3. The summed E-state index contributed by atoms with van der Waals surface area (Å²) in [5.74, 6) is -1.23. The van der Waals surface area contributed by atoms with E-state index in [-0.39, 0.29) is 40.9 Å². The summed E-state index contributed by atoms with van der Waals surface area (Å²) in [5.41, 5.74) is -0.432. The Labute approximate surface area is 209 Å². The SMILES string of the molecule is CCCNC(=O)[C@@H]1[C@@H]2CC(C)C3(S2)C(C(=O)NC(C)(C)CC(C)(C)C)N([C@@H](CC)CO)C(=O)[C@H]13. The molecule has 3 amide bonds. The molecule has 3 heterocycles. The Morgan fingerprint density at radius 3 is 2.38 bits per heavy atom. The van der Waals surface area contributed by atoms with Crippen LogP contribution in [0.3, 0.4) is 0 Å². The number of fused-ring (bicyclic) bond motifs is 1. The molecule has 2 bridgehead atoms. The number of likely N-dealkylation sites (tertiary alicyclic amines) is 1.